The van der Waals surface area contributed by atoms with E-state index in [0.717, 1.165) is 10.8 Å². The summed E-state index contributed by atoms with van der Waals surface area (Å²) in [5.74, 6) is 0.322. The Labute approximate surface area is 129 Å². The van der Waals surface area contributed by atoms with Gasteiger partial charge in [-0.3, -0.25) is 4.79 Å². The van der Waals surface area contributed by atoms with E-state index < -0.39 is 9.84 Å². The second-order valence-corrected chi connectivity index (χ2v) is 7.70. The second kappa shape index (κ2) is 5.61. The zero-order chi connectivity index (χ0) is 15.7. The smallest absolute Gasteiger partial charge is 0.255 e. The Hall–Kier alpha value is -2.08. The molecule has 5 nitrogen and oxygen atoms in total. The molecule has 0 bridgehead atoms. The van der Waals surface area contributed by atoms with E-state index in [4.69, 9.17) is 4.74 Å². The van der Waals surface area contributed by atoms with Gasteiger partial charge in [0.15, 0.2) is 9.84 Å². The molecule has 6 heteroatoms. The molecule has 1 aliphatic heterocycles. The first-order chi connectivity index (χ1) is 10.5. The Morgan fingerprint density at radius 2 is 1.91 bits per heavy atom. The van der Waals surface area contributed by atoms with Gasteiger partial charge >= 0.3 is 0 Å². The molecular formula is C16H17NO4S. The first-order valence-electron chi connectivity index (χ1n) is 7.06. The van der Waals surface area contributed by atoms with Crippen LogP contribution >= 0.6 is 0 Å². The Morgan fingerprint density at radius 3 is 2.50 bits per heavy atom. The number of methoxy groups -OCH3 is 1. The van der Waals surface area contributed by atoms with Crippen LogP contribution in [-0.2, 0) is 9.84 Å². The van der Waals surface area contributed by atoms with Crippen LogP contribution in [0.15, 0.2) is 36.4 Å². The molecule has 1 fully saturated rings. The summed E-state index contributed by atoms with van der Waals surface area (Å²) in [6.45, 7) is 0. The average Bonchev–Trinajstić information content (AvgIpc) is 2.84. The van der Waals surface area contributed by atoms with Crippen LogP contribution < -0.4 is 10.1 Å². The van der Waals surface area contributed by atoms with Crippen molar-refractivity contribution in [1.82, 2.24) is 5.32 Å². The number of carbonyl (C=O) groups excluding carboxylic acids is 1. The quantitative estimate of drug-likeness (QED) is 0.936. The van der Waals surface area contributed by atoms with Crippen molar-refractivity contribution in [3.05, 3.63) is 42.0 Å². The summed E-state index contributed by atoms with van der Waals surface area (Å²) in [5.41, 5.74) is 0.422. The van der Waals surface area contributed by atoms with Gasteiger partial charge in [-0.25, -0.2) is 8.42 Å². The predicted molar refractivity (Wildman–Crippen MR) is 85.0 cm³/mol. The molecule has 3 rings (SSSR count). The summed E-state index contributed by atoms with van der Waals surface area (Å²) in [6, 6.07) is 11.0. The molecule has 0 radical (unpaired) electrons. The number of benzene rings is 2. The van der Waals surface area contributed by atoms with E-state index in [1.807, 2.05) is 30.3 Å². The maximum absolute atomic E-state index is 12.4. The molecule has 0 aromatic heterocycles. The second-order valence-electron chi connectivity index (χ2n) is 5.47. The highest BCUT2D eigenvalue weighted by Crippen LogP contribution is 2.26. The molecule has 1 saturated heterocycles. The van der Waals surface area contributed by atoms with Crippen molar-refractivity contribution in [2.24, 2.45) is 0 Å². The molecule has 2 aromatic rings. The molecule has 1 aliphatic rings. The fourth-order valence-electron chi connectivity index (χ4n) is 2.74. The fourth-order valence-corrected chi connectivity index (χ4v) is 4.41. The lowest BCUT2D eigenvalue weighted by Gasteiger charge is -2.14. The first kappa shape index (κ1) is 14.8. The van der Waals surface area contributed by atoms with Crippen molar-refractivity contribution in [3.63, 3.8) is 0 Å². The summed E-state index contributed by atoms with van der Waals surface area (Å²) in [6.07, 6.45) is 0.462. The fraction of sp³-hybridized carbons (Fsp3) is 0.312. The Balaban J connectivity index is 1.90. The largest absolute Gasteiger partial charge is 0.496 e. The summed E-state index contributed by atoms with van der Waals surface area (Å²) in [5, 5.41) is 4.72. The Bertz CT molecular complexity index is 829. The van der Waals surface area contributed by atoms with Crippen molar-refractivity contribution < 1.29 is 17.9 Å². The number of hydrogen-bond acceptors (Lipinski definition) is 4. The van der Waals surface area contributed by atoms with Gasteiger partial charge in [-0.15, -0.1) is 0 Å². The number of carbonyl (C=O) groups is 1. The van der Waals surface area contributed by atoms with E-state index in [1.54, 1.807) is 6.07 Å². The van der Waals surface area contributed by atoms with E-state index >= 15 is 0 Å². The summed E-state index contributed by atoms with van der Waals surface area (Å²) < 4.78 is 28.3. The molecule has 2 aromatic carbocycles. The van der Waals surface area contributed by atoms with E-state index in [1.165, 1.54) is 7.11 Å². The molecule has 1 atom stereocenters. The molecule has 116 valence electrons. The molecule has 0 aliphatic carbocycles. The highest BCUT2D eigenvalue weighted by molar-refractivity contribution is 7.91. The monoisotopic (exact) mass is 319 g/mol. The topological polar surface area (TPSA) is 72.5 Å². The van der Waals surface area contributed by atoms with Gasteiger partial charge in [0.2, 0.25) is 0 Å². The molecule has 1 amide bonds. The van der Waals surface area contributed by atoms with Crippen LogP contribution in [0.25, 0.3) is 10.8 Å². The number of hydrogen-bond donors (Lipinski definition) is 1. The van der Waals surface area contributed by atoms with E-state index in [9.17, 15) is 13.2 Å². The number of nitrogens with one attached hydrogen (secondary N) is 1. The maximum Gasteiger partial charge on any atom is 0.255 e. The lowest BCUT2D eigenvalue weighted by molar-refractivity contribution is 0.0938. The molecule has 0 unspecified atom stereocenters. The van der Waals surface area contributed by atoms with Crippen molar-refractivity contribution >= 4 is 26.5 Å². The number of amides is 1. The zero-order valence-corrected chi connectivity index (χ0v) is 13.0. The van der Waals surface area contributed by atoms with Crippen LogP contribution in [-0.4, -0.2) is 39.0 Å². The average molecular weight is 319 g/mol. The van der Waals surface area contributed by atoms with Crippen LogP contribution in [0.4, 0.5) is 0 Å². The van der Waals surface area contributed by atoms with Gasteiger partial charge in [0.25, 0.3) is 5.91 Å². The number of rotatable bonds is 3. The summed E-state index contributed by atoms with van der Waals surface area (Å²) in [7, 11) is -1.50. The van der Waals surface area contributed by atoms with Crippen molar-refractivity contribution in [2.45, 2.75) is 12.5 Å². The molecule has 0 saturated carbocycles. The van der Waals surface area contributed by atoms with Crippen molar-refractivity contribution in [3.8, 4) is 5.75 Å². The third-order valence-electron chi connectivity index (χ3n) is 3.88. The van der Waals surface area contributed by atoms with Gasteiger partial charge in [-0.1, -0.05) is 24.3 Å². The first-order valence-corrected chi connectivity index (χ1v) is 8.89. The molecule has 1 heterocycles. The minimum Gasteiger partial charge on any atom is -0.496 e. The highest BCUT2D eigenvalue weighted by Gasteiger charge is 2.29. The van der Waals surface area contributed by atoms with E-state index in [2.05, 4.69) is 5.32 Å². The normalized spacial score (nSPS) is 20.0. The summed E-state index contributed by atoms with van der Waals surface area (Å²) in [4.78, 5) is 12.4. The van der Waals surface area contributed by atoms with Crippen molar-refractivity contribution in [1.29, 1.82) is 0 Å². The van der Waals surface area contributed by atoms with Gasteiger partial charge in [0.1, 0.15) is 5.75 Å². The lowest BCUT2D eigenvalue weighted by atomic mass is 10.0. The third kappa shape index (κ3) is 2.92. The van der Waals surface area contributed by atoms with Crippen LogP contribution in [0.5, 0.6) is 5.75 Å². The predicted octanol–water partition coefficient (Wildman–Crippen LogP) is 1.77. The highest BCUT2D eigenvalue weighted by atomic mass is 32.2. The van der Waals surface area contributed by atoms with Crippen LogP contribution in [0, 0.1) is 0 Å². The Kier molecular flexibility index (Phi) is 3.78. The summed E-state index contributed by atoms with van der Waals surface area (Å²) >= 11 is 0. The number of sulfone groups is 1. The third-order valence-corrected chi connectivity index (χ3v) is 5.65. The van der Waals surface area contributed by atoms with Gasteiger partial charge in [-0.05, 0) is 29.3 Å². The lowest BCUT2D eigenvalue weighted by Crippen LogP contribution is -2.35. The standard InChI is InChI=1S/C16H17NO4S/c1-21-15-9-12-5-3-2-4-11(12)8-14(15)16(18)17-13-6-7-22(19,20)10-13/h2-5,8-9,13H,6-7,10H2,1H3,(H,17,18)/t13-/m1/s1. The minimum atomic E-state index is -3.02. The Morgan fingerprint density at radius 1 is 1.23 bits per heavy atom. The zero-order valence-electron chi connectivity index (χ0n) is 12.2. The van der Waals surface area contributed by atoms with Crippen LogP contribution in [0.2, 0.25) is 0 Å². The molecule has 0 spiro atoms. The number of ether oxygens (including phenoxy) is 1. The molecular weight excluding hydrogens is 302 g/mol. The maximum atomic E-state index is 12.4. The van der Waals surface area contributed by atoms with Crippen LogP contribution in [0.1, 0.15) is 16.8 Å². The minimum absolute atomic E-state index is 0.00857. The van der Waals surface area contributed by atoms with Gasteiger partial charge in [-0.2, -0.15) is 0 Å². The van der Waals surface area contributed by atoms with Gasteiger partial charge in [0, 0.05) is 6.04 Å². The number of fused-ring (bicyclic) bond motifs is 1. The van der Waals surface area contributed by atoms with Gasteiger partial charge < -0.3 is 10.1 Å². The molecule has 22 heavy (non-hydrogen) atoms. The molecule has 1 N–H and O–H groups in total. The van der Waals surface area contributed by atoms with Gasteiger partial charge in [0.05, 0.1) is 24.2 Å². The van der Waals surface area contributed by atoms with Crippen LogP contribution in [0.3, 0.4) is 0 Å². The van der Waals surface area contributed by atoms with Crippen molar-refractivity contribution in [2.75, 3.05) is 18.6 Å². The van der Waals surface area contributed by atoms with E-state index in [0.29, 0.717) is 17.7 Å². The van der Waals surface area contributed by atoms with E-state index in [-0.39, 0.29) is 23.5 Å². The SMILES string of the molecule is COc1cc2ccccc2cc1C(=O)N[C@@H]1CCS(=O)(=O)C1.